The SMILES string of the molecule is CCN(CC(C)(C)CN)C(=O)Nc1cccc(C)c1. The van der Waals surface area contributed by atoms with Crippen molar-refractivity contribution in [2.24, 2.45) is 11.1 Å². The molecule has 106 valence electrons. The van der Waals surface area contributed by atoms with E-state index >= 15 is 0 Å². The third kappa shape index (κ3) is 4.91. The summed E-state index contributed by atoms with van der Waals surface area (Å²) in [7, 11) is 0. The summed E-state index contributed by atoms with van der Waals surface area (Å²) in [5.74, 6) is 0. The summed E-state index contributed by atoms with van der Waals surface area (Å²) in [4.78, 5) is 14.0. The number of hydrogen-bond donors (Lipinski definition) is 2. The molecule has 0 spiro atoms. The van der Waals surface area contributed by atoms with Crippen LogP contribution in [0, 0.1) is 12.3 Å². The maximum absolute atomic E-state index is 12.2. The zero-order valence-corrected chi connectivity index (χ0v) is 12.4. The maximum Gasteiger partial charge on any atom is 0.321 e. The molecule has 3 N–H and O–H groups in total. The quantitative estimate of drug-likeness (QED) is 0.858. The minimum Gasteiger partial charge on any atom is -0.330 e. The Bertz CT molecular complexity index is 429. The molecular weight excluding hydrogens is 238 g/mol. The first-order valence-corrected chi connectivity index (χ1v) is 6.70. The molecule has 0 aliphatic carbocycles. The first-order chi connectivity index (χ1) is 8.88. The number of amides is 2. The molecule has 0 unspecified atom stereocenters. The second-order valence-electron chi connectivity index (χ2n) is 5.68. The van der Waals surface area contributed by atoms with Gasteiger partial charge in [-0.05, 0) is 43.5 Å². The van der Waals surface area contributed by atoms with E-state index in [-0.39, 0.29) is 11.4 Å². The summed E-state index contributed by atoms with van der Waals surface area (Å²) in [6.07, 6.45) is 0. The summed E-state index contributed by atoms with van der Waals surface area (Å²) >= 11 is 0. The first-order valence-electron chi connectivity index (χ1n) is 6.70. The highest BCUT2D eigenvalue weighted by molar-refractivity contribution is 5.89. The number of anilines is 1. The largest absolute Gasteiger partial charge is 0.330 e. The molecule has 0 radical (unpaired) electrons. The van der Waals surface area contributed by atoms with Crippen LogP contribution in [0.2, 0.25) is 0 Å². The van der Waals surface area contributed by atoms with Crippen LogP contribution in [0.1, 0.15) is 26.3 Å². The van der Waals surface area contributed by atoms with E-state index in [2.05, 4.69) is 19.2 Å². The predicted molar refractivity (Wildman–Crippen MR) is 80.3 cm³/mol. The third-order valence-electron chi connectivity index (χ3n) is 3.11. The molecule has 1 aromatic carbocycles. The van der Waals surface area contributed by atoms with Gasteiger partial charge >= 0.3 is 6.03 Å². The molecule has 0 saturated carbocycles. The van der Waals surface area contributed by atoms with Crippen LogP contribution in [0.5, 0.6) is 0 Å². The number of aryl methyl sites for hydroxylation is 1. The number of rotatable bonds is 5. The molecule has 2 amide bonds. The van der Waals surface area contributed by atoms with Crippen LogP contribution in [0.3, 0.4) is 0 Å². The fraction of sp³-hybridized carbons (Fsp3) is 0.533. The standard InChI is InChI=1S/C15H25N3O/c1-5-18(11-15(3,4)10-16)14(19)17-13-8-6-7-12(2)9-13/h6-9H,5,10-11,16H2,1-4H3,(H,17,19). The van der Waals surface area contributed by atoms with Gasteiger partial charge in [-0.3, -0.25) is 0 Å². The number of hydrogen-bond acceptors (Lipinski definition) is 2. The van der Waals surface area contributed by atoms with Crippen molar-refractivity contribution in [1.29, 1.82) is 0 Å². The molecule has 0 aliphatic heterocycles. The number of carbonyl (C=O) groups is 1. The molecular formula is C15H25N3O. The molecule has 4 heteroatoms. The molecule has 4 nitrogen and oxygen atoms in total. The highest BCUT2D eigenvalue weighted by Crippen LogP contribution is 2.16. The molecule has 1 rings (SSSR count). The van der Waals surface area contributed by atoms with Gasteiger partial charge in [0.05, 0.1) is 0 Å². The van der Waals surface area contributed by atoms with E-state index in [4.69, 9.17) is 5.73 Å². The molecule has 1 aromatic rings. The molecule has 19 heavy (non-hydrogen) atoms. The van der Waals surface area contributed by atoms with Crippen LogP contribution < -0.4 is 11.1 Å². The summed E-state index contributed by atoms with van der Waals surface area (Å²) in [6.45, 7) is 9.98. The molecule has 0 atom stereocenters. The average molecular weight is 263 g/mol. The third-order valence-corrected chi connectivity index (χ3v) is 3.11. The van der Waals surface area contributed by atoms with Gasteiger partial charge in [0, 0.05) is 18.8 Å². The monoisotopic (exact) mass is 263 g/mol. The lowest BCUT2D eigenvalue weighted by Gasteiger charge is -2.31. The average Bonchev–Trinajstić information content (AvgIpc) is 2.36. The van der Waals surface area contributed by atoms with Crippen molar-refractivity contribution in [3.63, 3.8) is 0 Å². The van der Waals surface area contributed by atoms with Crippen molar-refractivity contribution in [2.75, 3.05) is 25.0 Å². The van der Waals surface area contributed by atoms with Crippen LogP contribution in [-0.2, 0) is 0 Å². The number of carbonyl (C=O) groups excluding carboxylic acids is 1. The Hall–Kier alpha value is -1.55. The molecule has 0 bridgehead atoms. The van der Waals surface area contributed by atoms with Crippen molar-refractivity contribution >= 4 is 11.7 Å². The molecule has 0 saturated heterocycles. The Kier molecular flexibility index (Phi) is 5.36. The van der Waals surface area contributed by atoms with Gasteiger partial charge in [-0.1, -0.05) is 26.0 Å². The highest BCUT2D eigenvalue weighted by atomic mass is 16.2. The lowest BCUT2D eigenvalue weighted by atomic mass is 9.93. The smallest absolute Gasteiger partial charge is 0.321 e. The van der Waals surface area contributed by atoms with Gasteiger partial charge in [0.15, 0.2) is 0 Å². The van der Waals surface area contributed by atoms with E-state index in [0.29, 0.717) is 19.6 Å². The Morgan fingerprint density at radius 3 is 2.63 bits per heavy atom. The van der Waals surface area contributed by atoms with Crippen molar-refractivity contribution in [3.8, 4) is 0 Å². The van der Waals surface area contributed by atoms with E-state index in [9.17, 15) is 4.79 Å². The zero-order chi connectivity index (χ0) is 14.5. The number of nitrogens with two attached hydrogens (primary N) is 1. The Morgan fingerprint density at radius 1 is 1.42 bits per heavy atom. The van der Waals surface area contributed by atoms with Crippen molar-refractivity contribution in [1.82, 2.24) is 4.90 Å². The van der Waals surface area contributed by atoms with Gasteiger partial charge in [-0.25, -0.2) is 4.79 Å². The van der Waals surface area contributed by atoms with E-state index in [1.54, 1.807) is 4.90 Å². The summed E-state index contributed by atoms with van der Waals surface area (Å²) in [6, 6.07) is 7.72. The van der Waals surface area contributed by atoms with Crippen LogP contribution in [0.15, 0.2) is 24.3 Å². The molecule has 0 fully saturated rings. The van der Waals surface area contributed by atoms with Crippen LogP contribution in [-0.4, -0.2) is 30.6 Å². The normalized spacial score (nSPS) is 11.2. The lowest BCUT2D eigenvalue weighted by molar-refractivity contribution is 0.185. The summed E-state index contributed by atoms with van der Waals surface area (Å²) < 4.78 is 0. The second-order valence-corrected chi connectivity index (χ2v) is 5.68. The van der Waals surface area contributed by atoms with Crippen molar-refractivity contribution in [3.05, 3.63) is 29.8 Å². The van der Waals surface area contributed by atoms with Crippen LogP contribution in [0.4, 0.5) is 10.5 Å². The molecule has 0 aromatic heterocycles. The van der Waals surface area contributed by atoms with E-state index in [1.165, 1.54) is 0 Å². The van der Waals surface area contributed by atoms with Crippen LogP contribution >= 0.6 is 0 Å². The van der Waals surface area contributed by atoms with E-state index in [1.807, 2.05) is 38.1 Å². The first kappa shape index (κ1) is 15.5. The molecule has 0 heterocycles. The van der Waals surface area contributed by atoms with E-state index < -0.39 is 0 Å². The summed E-state index contributed by atoms with van der Waals surface area (Å²) in [5.41, 5.74) is 7.61. The van der Waals surface area contributed by atoms with Gasteiger partial charge in [-0.15, -0.1) is 0 Å². The van der Waals surface area contributed by atoms with Crippen molar-refractivity contribution < 1.29 is 4.79 Å². The predicted octanol–water partition coefficient (Wildman–Crippen LogP) is 2.83. The second kappa shape index (κ2) is 6.57. The Morgan fingerprint density at radius 2 is 2.11 bits per heavy atom. The highest BCUT2D eigenvalue weighted by Gasteiger charge is 2.22. The maximum atomic E-state index is 12.2. The number of nitrogens with one attached hydrogen (secondary N) is 1. The summed E-state index contributed by atoms with van der Waals surface area (Å²) in [5, 5.41) is 2.93. The minimum absolute atomic E-state index is 0.0695. The fourth-order valence-corrected chi connectivity index (χ4v) is 1.83. The van der Waals surface area contributed by atoms with Gasteiger partial charge in [0.1, 0.15) is 0 Å². The van der Waals surface area contributed by atoms with Crippen LogP contribution in [0.25, 0.3) is 0 Å². The topological polar surface area (TPSA) is 58.4 Å². The minimum atomic E-state index is -0.0744. The fourth-order valence-electron chi connectivity index (χ4n) is 1.83. The Labute approximate surface area is 116 Å². The molecule has 0 aliphatic rings. The van der Waals surface area contributed by atoms with E-state index in [0.717, 1.165) is 11.3 Å². The lowest BCUT2D eigenvalue weighted by Crippen LogP contribution is -2.43. The van der Waals surface area contributed by atoms with Gasteiger partial charge in [-0.2, -0.15) is 0 Å². The zero-order valence-electron chi connectivity index (χ0n) is 12.4. The van der Waals surface area contributed by atoms with Gasteiger partial charge in [0.2, 0.25) is 0 Å². The number of urea groups is 1. The Balaban J connectivity index is 2.69. The van der Waals surface area contributed by atoms with Gasteiger partial charge in [0.25, 0.3) is 0 Å². The number of benzene rings is 1. The van der Waals surface area contributed by atoms with Gasteiger partial charge < -0.3 is 16.0 Å². The number of nitrogens with zero attached hydrogens (tertiary/aromatic N) is 1. The van der Waals surface area contributed by atoms with Crippen molar-refractivity contribution in [2.45, 2.75) is 27.7 Å².